The summed E-state index contributed by atoms with van der Waals surface area (Å²) in [6.07, 6.45) is 4.32. The summed E-state index contributed by atoms with van der Waals surface area (Å²) >= 11 is 1.55. The van der Waals surface area contributed by atoms with E-state index in [-0.39, 0.29) is 5.82 Å². The minimum absolute atomic E-state index is 0.209. The summed E-state index contributed by atoms with van der Waals surface area (Å²) in [6.45, 7) is 1.82. The van der Waals surface area contributed by atoms with E-state index in [2.05, 4.69) is 20.1 Å². The van der Waals surface area contributed by atoms with E-state index in [1.165, 1.54) is 18.9 Å². The van der Waals surface area contributed by atoms with Crippen LogP contribution in [0.25, 0.3) is 10.2 Å². The highest BCUT2D eigenvalue weighted by Crippen LogP contribution is 2.40. The molecule has 7 heteroatoms. The van der Waals surface area contributed by atoms with Gasteiger partial charge in [0.1, 0.15) is 5.82 Å². The number of nitrogens with zero attached hydrogens (tertiary/aromatic N) is 4. The fourth-order valence-electron chi connectivity index (χ4n) is 3.25. The first kappa shape index (κ1) is 14.3. The summed E-state index contributed by atoms with van der Waals surface area (Å²) in [5.41, 5.74) is 0.865. The lowest BCUT2D eigenvalue weighted by atomic mass is 9.97. The first-order chi connectivity index (χ1) is 11.8. The molecule has 5 rings (SSSR count). The van der Waals surface area contributed by atoms with Crippen molar-refractivity contribution in [2.24, 2.45) is 0 Å². The molecule has 3 heterocycles. The van der Waals surface area contributed by atoms with Gasteiger partial charge in [-0.15, -0.1) is 10.2 Å². The second-order valence-electron chi connectivity index (χ2n) is 6.62. The van der Waals surface area contributed by atoms with E-state index >= 15 is 0 Å². The molecule has 3 aromatic rings. The highest BCUT2D eigenvalue weighted by molar-refractivity contribution is 7.22. The molecule has 2 fully saturated rings. The summed E-state index contributed by atoms with van der Waals surface area (Å²) < 4.78 is 20.1. The lowest BCUT2D eigenvalue weighted by Crippen LogP contribution is -2.32. The number of hydrogen-bond acceptors (Lipinski definition) is 6. The fourth-order valence-corrected chi connectivity index (χ4v) is 4.29. The van der Waals surface area contributed by atoms with E-state index in [9.17, 15) is 4.39 Å². The molecule has 0 bridgehead atoms. The molecule has 0 N–H and O–H groups in total. The highest BCUT2D eigenvalue weighted by Gasteiger charge is 2.32. The summed E-state index contributed by atoms with van der Waals surface area (Å²) in [4.78, 5) is 6.91. The fraction of sp³-hybridized carbons (Fsp3) is 0.471. The van der Waals surface area contributed by atoms with E-state index < -0.39 is 0 Å². The molecule has 1 saturated carbocycles. The van der Waals surface area contributed by atoms with Crippen LogP contribution in [0.2, 0.25) is 0 Å². The number of anilines is 1. The van der Waals surface area contributed by atoms with Gasteiger partial charge in [-0.25, -0.2) is 9.37 Å². The largest absolute Gasteiger partial charge is 0.425 e. The molecule has 124 valence electrons. The van der Waals surface area contributed by atoms with Crippen molar-refractivity contribution < 1.29 is 8.81 Å². The maximum absolute atomic E-state index is 13.3. The van der Waals surface area contributed by atoms with Crippen LogP contribution >= 0.6 is 11.3 Å². The monoisotopic (exact) mass is 344 g/mol. The first-order valence-corrected chi connectivity index (χ1v) is 9.22. The van der Waals surface area contributed by atoms with Crippen molar-refractivity contribution in [3.8, 4) is 0 Å². The van der Waals surface area contributed by atoms with Crippen molar-refractivity contribution in [1.29, 1.82) is 0 Å². The molecule has 0 unspecified atom stereocenters. The molecular weight excluding hydrogens is 327 g/mol. The molecule has 1 aliphatic carbocycles. The molecule has 2 aliphatic rings. The molecule has 1 aliphatic heterocycles. The Hall–Kier alpha value is -2.02. The number of thiazole rings is 1. The Morgan fingerprint density at radius 3 is 2.46 bits per heavy atom. The van der Waals surface area contributed by atoms with Gasteiger partial charge in [0.25, 0.3) is 0 Å². The normalized spacial score (nSPS) is 19.3. The van der Waals surface area contributed by atoms with Gasteiger partial charge < -0.3 is 9.32 Å². The summed E-state index contributed by atoms with van der Waals surface area (Å²) in [5, 5.41) is 9.42. The van der Waals surface area contributed by atoms with Crippen LogP contribution in [0, 0.1) is 5.82 Å². The average Bonchev–Trinajstić information content (AvgIpc) is 3.18. The van der Waals surface area contributed by atoms with E-state index in [0.717, 1.165) is 53.1 Å². The molecule has 0 spiro atoms. The van der Waals surface area contributed by atoms with Crippen molar-refractivity contribution >= 4 is 26.7 Å². The number of fused-ring (bicyclic) bond motifs is 1. The Bertz CT molecular complexity index is 880. The van der Waals surface area contributed by atoms with Gasteiger partial charge in [0, 0.05) is 24.9 Å². The molecule has 1 aromatic carbocycles. The van der Waals surface area contributed by atoms with Crippen LogP contribution in [0.15, 0.2) is 22.6 Å². The topological polar surface area (TPSA) is 55.1 Å². The Balaban J connectivity index is 1.29. The number of benzene rings is 1. The third-order valence-corrected chi connectivity index (χ3v) is 5.92. The maximum atomic E-state index is 13.3. The third kappa shape index (κ3) is 2.56. The van der Waals surface area contributed by atoms with Crippen molar-refractivity contribution in [3.05, 3.63) is 35.8 Å². The highest BCUT2D eigenvalue weighted by atomic mass is 32.1. The zero-order valence-electron chi connectivity index (χ0n) is 13.1. The van der Waals surface area contributed by atoms with Gasteiger partial charge in [0.05, 0.1) is 10.2 Å². The smallest absolute Gasteiger partial charge is 0.219 e. The van der Waals surface area contributed by atoms with Gasteiger partial charge >= 0.3 is 0 Å². The van der Waals surface area contributed by atoms with Crippen LogP contribution in [0.5, 0.6) is 0 Å². The van der Waals surface area contributed by atoms with Gasteiger partial charge in [0.15, 0.2) is 5.13 Å². The quantitative estimate of drug-likeness (QED) is 0.716. The Kier molecular flexibility index (Phi) is 3.29. The number of halogens is 1. The van der Waals surface area contributed by atoms with Crippen molar-refractivity contribution in [2.45, 2.75) is 37.5 Å². The van der Waals surface area contributed by atoms with Gasteiger partial charge in [-0.1, -0.05) is 11.3 Å². The van der Waals surface area contributed by atoms with Crippen LogP contribution in [0.1, 0.15) is 49.3 Å². The molecule has 0 amide bonds. The first-order valence-electron chi connectivity index (χ1n) is 8.40. The molecular formula is C17H17FN4OS. The third-order valence-electron chi connectivity index (χ3n) is 4.84. The SMILES string of the molecule is Fc1ccc2nc(N3CCC(c4nnc(C5CC5)o4)CC3)sc2c1. The van der Waals surface area contributed by atoms with E-state index in [4.69, 9.17) is 4.42 Å². The number of rotatable bonds is 3. The summed E-state index contributed by atoms with van der Waals surface area (Å²) in [5.74, 6) is 2.25. The molecule has 2 aromatic heterocycles. The predicted molar refractivity (Wildman–Crippen MR) is 90.0 cm³/mol. The van der Waals surface area contributed by atoms with Gasteiger partial charge in [-0.3, -0.25) is 0 Å². The van der Waals surface area contributed by atoms with Crippen LogP contribution in [-0.4, -0.2) is 28.3 Å². The molecule has 1 saturated heterocycles. The van der Waals surface area contributed by atoms with Crippen molar-refractivity contribution in [2.75, 3.05) is 18.0 Å². The van der Waals surface area contributed by atoms with Crippen LogP contribution in [-0.2, 0) is 0 Å². The van der Waals surface area contributed by atoms with Gasteiger partial charge in [-0.2, -0.15) is 0 Å². The minimum atomic E-state index is -0.209. The second-order valence-corrected chi connectivity index (χ2v) is 7.63. The Morgan fingerprint density at radius 2 is 1.75 bits per heavy atom. The van der Waals surface area contributed by atoms with Crippen molar-refractivity contribution in [1.82, 2.24) is 15.2 Å². The predicted octanol–water partition coefficient (Wildman–Crippen LogP) is 4.08. The van der Waals surface area contributed by atoms with Gasteiger partial charge in [0.2, 0.25) is 11.8 Å². The molecule has 24 heavy (non-hydrogen) atoms. The maximum Gasteiger partial charge on any atom is 0.219 e. The lowest BCUT2D eigenvalue weighted by molar-refractivity contribution is 0.376. The zero-order chi connectivity index (χ0) is 16.1. The number of aromatic nitrogens is 3. The summed E-state index contributed by atoms with van der Waals surface area (Å²) in [6, 6.07) is 4.77. The minimum Gasteiger partial charge on any atom is -0.425 e. The van der Waals surface area contributed by atoms with E-state index in [0.29, 0.717) is 11.8 Å². The molecule has 0 atom stereocenters. The molecule has 0 radical (unpaired) electrons. The van der Waals surface area contributed by atoms with Gasteiger partial charge in [-0.05, 0) is 43.9 Å². The van der Waals surface area contributed by atoms with Crippen molar-refractivity contribution in [3.63, 3.8) is 0 Å². The Labute approximate surface area is 142 Å². The second kappa shape index (κ2) is 5.51. The number of hydrogen-bond donors (Lipinski definition) is 0. The lowest BCUT2D eigenvalue weighted by Gasteiger charge is -2.30. The number of piperidine rings is 1. The standard InChI is InChI=1S/C17H17FN4OS/c18-12-3-4-13-14(9-12)24-17(19-13)22-7-5-11(6-8-22)16-21-20-15(23-16)10-1-2-10/h3-4,9-11H,1-2,5-8H2. The Morgan fingerprint density at radius 1 is 1.04 bits per heavy atom. The van der Waals surface area contributed by atoms with Crippen LogP contribution < -0.4 is 4.90 Å². The van der Waals surface area contributed by atoms with E-state index in [1.54, 1.807) is 23.5 Å². The van der Waals surface area contributed by atoms with Crippen LogP contribution in [0.3, 0.4) is 0 Å². The van der Waals surface area contributed by atoms with E-state index in [1.807, 2.05) is 0 Å². The average molecular weight is 344 g/mol. The molecule has 5 nitrogen and oxygen atoms in total. The van der Waals surface area contributed by atoms with Crippen LogP contribution in [0.4, 0.5) is 9.52 Å². The zero-order valence-corrected chi connectivity index (χ0v) is 13.9. The summed E-state index contributed by atoms with van der Waals surface area (Å²) in [7, 11) is 0.